The lowest BCUT2D eigenvalue weighted by atomic mass is 10.2. The monoisotopic (exact) mass is 329 g/mol. The van der Waals surface area contributed by atoms with E-state index >= 15 is 0 Å². The summed E-state index contributed by atoms with van der Waals surface area (Å²) in [4.78, 5) is 19.1. The normalized spacial score (nSPS) is 11.1. The van der Waals surface area contributed by atoms with Crippen LogP contribution in [0, 0.1) is 30.9 Å². The fourth-order valence-corrected chi connectivity index (χ4v) is 2.93. The molecule has 0 aliphatic carbocycles. The van der Waals surface area contributed by atoms with Crippen molar-refractivity contribution < 1.29 is 4.92 Å². The van der Waals surface area contributed by atoms with E-state index in [-0.39, 0.29) is 5.69 Å². The van der Waals surface area contributed by atoms with Crippen molar-refractivity contribution in [2.45, 2.75) is 31.7 Å². The number of rotatable bonds is 4. The van der Waals surface area contributed by atoms with Crippen LogP contribution in [-0.4, -0.2) is 24.5 Å². The van der Waals surface area contributed by atoms with Crippen LogP contribution in [0.25, 0.3) is 5.78 Å². The van der Waals surface area contributed by atoms with Gasteiger partial charge in [0.15, 0.2) is 0 Å². The minimum absolute atomic E-state index is 0.0929. The molecule has 2 aromatic heterocycles. The quantitative estimate of drug-likeness (QED) is 0.415. The van der Waals surface area contributed by atoms with Gasteiger partial charge in [-0.25, -0.2) is 9.50 Å². The summed E-state index contributed by atoms with van der Waals surface area (Å²) in [5.41, 5.74) is 4.16. The summed E-state index contributed by atoms with van der Waals surface area (Å²) in [6.07, 6.45) is 0. The first kappa shape index (κ1) is 15.4. The topological polar surface area (TPSA) is 86.2 Å². The lowest BCUT2D eigenvalue weighted by Crippen LogP contribution is -2.02. The highest BCUT2D eigenvalue weighted by Gasteiger charge is 2.11. The molecule has 0 radical (unpaired) electrons. The van der Waals surface area contributed by atoms with Crippen LogP contribution < -0.4 is 0 Å². The van der Waals surface area contributed by atoms with Gasteiger partial charge >= 0.3 is 0 Å². The highest BCUT2D eigenvalue weighted by molar-refractivity contribution is 7.98. The summed E-state index contributed by atoms with van der Waals surface area (Å²) in [6.45, 7) is 5.97. The number of aryl methyl sites for hydroxylation is 2. The summed E-state index contributed by atoms with van der Waals surface area (Å²) in [5.74, 6) is 1.24. The van der Waals surface area contributed by atoms with Gasteiger partial charge in [-0.05, 0) is 31.9 Å². The van der Waals surface area contributed by atoms with E-state index in [1.807, 2.05) is 20.8 Å². The number of nitro groups is 1. The summed E-state index contributed by atoms with van der Waals surface area (Å²) >= 11 is 1.48. The van der Waals surface area contributed by atoms with Crippen LogP contribution in [0.2, 0.25) is 0 Å². The Morgan fingerprint density at radius 2 is 1.87 bits per heavy atom. The minimum Gasteiger partial charge on any atom is -0.258 e. The molecule has 0 saturated heterocycles. The SMILES string of the molecule is Cc1nc2nc(SCc3ccc([N+](=O)[O-])cc3)nn2c(C)c1C. The molecule has 0 aliphatic heterocycles. The molecule has 0 bridgehead atoms. The van der Waals surface area contributed by atoms with E-state index in [9.17, 15) is 10.1 Å². The highest BCUT2D eigenvalue weighted by atomic mass is 32.2. The Balaban J connectivity index is 1.79. The van der Waals surface area contributed by atoms with Crippen LogP contribution in [0.3, 0.4) is 0 Å². The number of non-ortho nitro benzene ring substituents is 1. The fraction of sp³-hybridized carbons (Fsp3) is 0.267. The largest absolute Gasteiger partial charge is 0.269 e. The van der Waals surface area contributed by atoms with Crippen LogP contribution in [0.15, 0.2) is 29.4 Å². The molecule has 8 heteroatoms. The van der Waals surface area contributed by atoms with Crippen molar-refractivity contribution in [3.05, 3.63) is 56.9 Å². The molecule has 0 fully saturated rings. The molecule has 118 valence electrons. The Bertz CT molecular complexity index is 889. The zero-order valence-corrected chi connectivity index (χ0v) is 13.8. The Morgan fingerprint density at radius 3 is 2.52 bits per heavy atom. The Kier molecular flexibility index (Phi) is 3.99. The lowest BCUT2D eigenvalue weighted by Gasteiger charge is -2.04. The van der Waals surface area contributed by atoms with Crippen molar-refractivity contribution in [2.24, 2.45) is 0 Å². The second kappa shape index (κ2) is 5.96. The van der Waals surface area contributed by atoms with Crippen LogP contribution in [0.5, 0.6) is 0 Å². The van der Waals surface area contributed by atoms with Crippen LogP contribution in [0.4, 0.5) is 5.69 Å². The minimum atomic E-state index is -0.403. The van der Waals surface area contributed by atoms with Crippen molar-refractivity contribution in [1.29, 1.82) is 0 Å². The van der Waals surface area contributed by atoms with Crippen molar-refractivity contribution in [3.63, 3.8) is 0 Å². The lowest BCUT2D eigenvalue weighted by molar-refractivity contribution is -0.384. The van der Waals surface area contributed by atoms with Gasteiger partial charge in [0.2, 0.25) is 5.16 Å². The van der Waals surface area contributed by atoms with E-state index in [4.69, 9.17) is 0 Å². The van der Waals surface area contributed by atoms with Gasteiger partial charge in [0.05, 0.1) is 4.92 Å². The molecule has 0 spiro atoms. The predicted octanol–water partition coefficient (Wildman–Crippen LogP) is 3.25. The van der Waals surface area contributed by atoms with E-state index in [1.54, 1.807) is 16.6 Å². The van der Waals surface area contributed by atoms with E-state index in [0.29, 0.717) is 16.7 Å². The first-order chi connectivity index (χ1) is 11.0. The molecule has 0 atom stereocenters. The van der Waals surface area contributed by atoms with Gasteiger partial charge < -0.3 is 0 Å². The van der Waals surface area contributed by atoms with Gasteiger partial charge in [-0.3, -0.25) is 10.1 Å². The van der Waals surface area contributed by atoms with Gasteiger partial charge in [0.25, 0.3) is 11.5 Å². The van der Waals surface area contributed by atoms with Crippen molar-refractivity contribution in [3.8, 4) is 0 Å². The zero-order chi connectivity index (χ0) is 16.6. The average Bonchev–Trinajstić information content (AvgIpc) is 2.94. The first-order valence-electron chi connectivity index (χ1n) is 7.02. The number of hydrogen-bond donors (Lipinski definition) is 0. The maximum Gasteiger partial charge on any atom is 0.269 e. The van der Waals surface area contributed by atoms with Crippen LogP contribution >= 0.6 is 11.8 Å². The fourth-order valence-electron chi connectivity index (χ4n) is 2.16. The van der Waals surface area contributed by atoms with Crippen molar-refractivity contribution in [2.75, 3.05) is 0 Å². The number of nitro benzene ring substituents is 1. The molecular formula is C15H15N5O2S. The van der Waals surface area contributed by atoms with E-state index in [1.165, 1.54) is 23.9 Å². The molecule has 0 amide bonds. The maximum absolute atomic E-state index is 10.6. The Morgan fingerprint density at radius 1 is 1.17 bits per heavy atom. The molecule has 3 rings (SSSR count). The predicted molar refractivity (Wildman–Crippen MR) is 87.7 cm³/mol. The number of benzene rings is 1. The van der Waals surface area contributed by atoms with Gasteiger partial charge in [-0.15, -0.1) is 5.10 Å². The van der Waals surface area contributed by atoms with Crippen molar-refractivity contribution in [1.82, 2.24) is 19.6 Å². The molecule has 0 aliphatic rings. The Hall–Kier alpha value is -2.48. The highest BCUT2D eigenvalue weighted by Crippen LogP contribution is 2.22. The Labute approximate surface area is 136 Å². The summed E-state index contributed by atoms with van der Waals surface area (Å²) < 4.78 is 1.75. The molecule has 1 aromatic carbocycles. The van der Waals surface area contributed by atoms with Gasteiger partial charge in [-0.2, -0.15) is 4.98 Å². The second-order valence-corrected chi connectivity index (χ2v) is 6.17. The van der Waals surface area contributed by atoms with E-state index in [2.05, 4.69) is 15.1 Å². The maximum atomic E-state index is 10.6. The molecule has 0 N–H and O–H groups in total. The molecular weight excluding hydrogens is 314 g/mol. The van der Waals surface area contributed by atoms with Crippen LogP contribution in [-0.2, 0) is 5.75 Å². The number of aromatic nitrogens is 4. The molecule has 0 unspecified atom stereocenters. The number of hydrogen-bond acceptors (Lipinski definition) is 6. The number of nitrogens with zero attached hydrogens (tertiary/aromatic N) is 5. The number of fused-ring (bicyclic) bond motifs is 1. The third kappa shape index (κ3) is 3.02. The van der Waals surface area contributed by atoms with Gasteiger partial charge in [0.1, 0.15) is 0 Å². The molecule has 3 aromatic rings. The molecule has 7 nitrogen and oxygen atoms in total. The third-order valence-electron chi connectivity index (χ3n) is 3.76. The number of thioether (sulfide) groups is 1. The van der Waals surface area contributed by atoms with Gasteiger partial charge in [-0.1, -0.05) is 23.9 Å². The average molecular weight is 329 g/mol. The summed E-state index contributed by atoms with van der Waals surface area (Å²) in [6, 6.07) is 6.51. The van der Waals surface area contributed by atoms with E-state index < -0.39 is 4.92 Å². The smallest absolute Gasteiger partial charge is 0.258 e. The zero-order valence-electron chi connectivity index (χ0n) is 13.0. The van der Waals surface area contributed by atoms with Crippen molar-refractivity contribution >= 4 is 23.2 Å². The summed E-state index contributed by atoms with van der Waals surface area (Å²) in [5, 5.41) is 15.8. The standard InChI is InChI=1S/C15H15N5O2S/c1-9-10(2)16-14-17-15(18-19(14)11(9)3)23-8-12-4-6-13(7-5-12)20(21)22/h4-7H,8H2,1-3H3. The molecule has 0 saturated carbocycles. The van der Waals surface area contributed by atoms with E-state index in [0.717, 1.165) is 22.5 Å². The first-order valence-corrected chi connectivity index (χ1v) is 8.01. The third-order valence-corrected chi connectivity index (χ3v) is 4.67. The molecule has 23 heavy (non-hydrogen) atoms. The molecule has 2 heterocycles. The van der Waals surface area contributed by atoms with Crippen LogP contribution in [0.1, 0.15) is 22.5 Å². The summed E-state index contributed by atoms with van der Waals surface area (Å²) in [7, 11) is 0. The van der Waals surface area contributed by atoms with Gasteiger partial charge in [0, 0.05) is 29.3 Å². The second-order valence-electron chi connectivity index (χ2n) is 5.23.